The largest absolute Gasteiger partial charge is 0.370 e. The van der Waals surface area contributed by atoms with Crippen LogP contribution in [0.2, 0.25) is 0 Å². The van der Waals surface area contributed by atoms with Crippen molar-refractivity contribution >= 4 is 15.8 Å². The van der Waals surface area contributed by atoms with E-state index in [1.165, 1.54) is 12.3 Å². The Balaban J connectivity index is 2.05. The average Bonchev–Trinajstić information content (AvgIpc) is 2.48. The van der Waals surface area contributed by atoms with E-state index < -0.39 is 10.0 Å². The molecule has 0 aliphatic heterocycles. The molecule has 2 rings (SSSR count). The molecule has 2 heterocycles. The summed E-state index contributed by atoms with van der Waals surface area (Å²) >= 11 is 0. The SMILES string of the molecule is CCNc1ccc(S(=O)(=O)NCc2cnc(C)cn2)cn1. The van der Waals surface area contributed by atoms with Gasteiger partial charge in [-0.1, -0.05) is 0 Å². The molecule has 21 heavy (non-hydrogen) atoms. The van der Waals surface area contributed by atoms with Crippen LogP contribution in [0.25, 0.3) is 0 Å². The molecule has 0 unspecified atom stereocenters. The summed E-state index contributed by atoms with van der Waals surface area (Å²) in [7, 11) is -3.61. The first-order chi connectivity index (χ1) is 10.0. The van der Waals surface area contributed by atoms with Crippen molar-refractivity contribution in [1.29, 1.82) is 0 Å². The van der Waals surface area contributed by atoms with E-state index in [9.17, 15) is 8.42 Å². The van der Waals surface area contributed by atoms with Crippen molar-refractivity contribution in [2.75, 3.05) is 11.9 Å². The van der Waals surface area contributed by atoms with Gasteiger partial charge in [0.15, 0.2) is 0 Å². The third-order valence-corrected chi connectivity index (χ3v) is 4.07. The molecule has 0 amide bonds. The molecule has 0 aromatic carbocycles. The van der Waals surface area contributed by atoms with Crippen LogP contribution in [0.4, 0.5) is 5.82 Å². The highest BCUT2D eigenvalue weighted by atomic mass is 32.2. The van der Waals surface area contributed by atoms with E-state index in [4.69, 9.17) is 0 Å². The van der Waals surface area contributed by atoms with E-state index in [1.54, 1.807) is 18.5 Å². The lowest BCUT2D eigenvalue weighted by Crippen LogP contribution is -2.24. The Bertz CT molecular complexity index is 684. The summed E-state index contributed by atoms with van der Waals surface area (Å²) in [5.74, 6) is 0.640. The highest BCUT2D eigenvalue weighted by molar-refractivity contribution is 7.89. The maximum Gasteiger partial charge on any atom is 0.242 e. The van der Waals surface area contributed by atoms with Gasteiger partial charge in [-0.2, -0.15) is 0 Å². The van der Waals surface area contributed by atoms with Gasteiger partial charge in [0.05, 0.1) is 24.1 Å². The van der Waals surface area contributed by atoms with Crippen molar-refractivity contribution in [2.45, 2.75) is 25.3 Å². The maximum atomic E-state index is 12.1. The number of pyridine rings is 1. The van der Waals surface area contributed by atoms with Crippen LogP contribution in [0, 0.1) is 6.92 Å². The van der Waals surface area contributed by atoms with Crippen LogP contribution in [-0.2, 0) is 16.6 Å². The Morgan fingerprint density at radius 2 is 1.90 bits per heavy atom. The molecule has 112 valence electrons. The van der Waals surface area contributed by atoms with Crippen LogP contribution in [-0.4, -0.2) is 29.9 Å². The molecule has 8 heteroatoms. The van der Waals surface area contributed by atoms with Crippen molar-refractivity contribution in [3.63, 3.8) is 0 Å². The smallest absolute Gasteiger partial charge is 0.242 e. The fourth-order valence-corrected chi connectivity index (χ4v) is 2.53. The fourth-order valence-electron chi connectivity index (χ4n) is 1.59. The molecule has 7 nitrogen and oxygen atoms in total. The van der Waals surface area contributed by atoms with Gasteiger partial charge in [0, 0.05) is 18.9 Å². The summed E-state index contributed by atoms with van der Waals surface area (Å²) in [5, 5.41) is 3.00. The minimum absolute atomic E-state index is 0.0879. The van der Waals surface area contributed by atoms with E-state index in [0.717, 1.165) is 12.2 Å². The topological polar surface area (TPSA) is 96.9 Å². The zero-order valence-corrected chi connectivity index (χ0v) is 12.7. The molecule has 0 radical (unpaired) electrons. The van der Waals surface area contributed by atoms with Crippen LogP contribution in [0.3, 0.4) is 0 Å². The van der Waals surface area contributed by atoms with Gasteiger partial charge >= 0.3 is 0 Å². The average molecular weight is 307 g/mol. The number of rotatable bonds is 6. The van der Waals surface area contributed by atoms with E-state index in [2.05, 4.69) is 25.0 Å². The van der Waals surface area contributed by atoms with Crippen molar-refractivity contribution in [1.82, 2.24) is 19.7 Å². The van der Waals surface area contributed by atoms with Gasteiger partial charge in [0.25, 0.3) is 0 Å². The number of hydrogen-bond acceptors (Lipinski definition) is 6. The first-order valence-electron chi connectivity index (χ1n) is 6.48. The molecule has 0 spiro atoms. The molecule has 0 atom stereocenters. The molecular weight excluding hydrogens is 290 g/mol. The van der Waals surface area contributed by atoms with Crippen molar-refractivity contribution in [3.05, 3.63) is 42.1 Å². The molecule has 0 aliphatic rings. The van der Waals surface area contributed by atoms with Gasteiger partial charge in [-0.25, -0.2) is 18.1 Å². The predicted molar refractivity (Wildman–Crippen MR) is 79.2 cm³/mol. The summed E-state index contributed by atoms with van der Waals surface area (Å²) < 4.78 is 26.7. The van der Waals surface area contributed by atoms with Gasteiger partial charge in [-0.3, -0.25) is 9.97 Å². The Hall–Kier alpha value is -2.06. The lowest BCUT2D eigenvalue weighted by molar-refractivity contribution is 0.580. The van der Waals surface area contributed by atoms with Crippen LogP contribution in [0.1, 0.15) is 18.3 Å². The van der Waals surface area contributed by atoms with E-state index in [1.807, 2.05) is 13.8 Å². The van der Waals surface area contributed by atoms with Crippen LogP contribution in [0.5, 0.6) is 0 Å². The monoisotopic (exact) mass is 307 g/mol. The second-order valence-electron chi connectivity index (χ2n) is 4.38. The van der Waals surface area contributed by atoms with Crippen LogP contribution < -0.4 is 10.0 Å². The molecule has 2 N–H and O–H groups in total. The Kier molecular flexibility index (Phi) is 4.81. The highest BCUT2D eigenvalue weighted by Gasteiger charge is 2.14. The molecule has 0 aliphatic carbocycles. The van der Waals surface area contributed by atoms with Gasteiger partial charge < -0.3 is 5.32 Å². The first-order valence-corrected chi connectivity index (χ1v) is 7.96. The van der Waals surface area contributed by atoms with Gasteiger partial charge in [-0.15, -0.1) is 0 Å². The van der Waals surface area contributed by atoms with Crippen molar-refractivity contribution in [3.8, 4) is 0 Å². The predicted octanol–water partition coefficient (Wildman–Crippen LogP) is 1.09. The normalized spacial score (nSPS) is 11.3. The van der Waals surface area contributed by atoms with Gasteiger partial charge in [-0.05, 0) is 26.0 Å². The Labute approximate surface area is 123 Å². The number of nitrogens with zero attached hydrogens (tertiary/aromatic N) is 3. The summed E-state index contributed by atoms with van der Waals surface area (Å²) in [6, 6.07) is 3.14. The van der Waals surface area contributed by atoms with Gasteiger partial charge in [0.1, 0.15) is 10.7 Å². The number of sulfonamides is 1. The Morgan fingerprint density at radius 1 is 1.10 bits per heavy atom. The lowest BCUT2D eigenvalue weighted by atomic mass is 10.4. The summed E-state index contributed by atoms with van der Waals surface area (Å²) in [5.41, 5.74) is 1.34. The first kappa shape index (κ1) is 15.3. The van der Waals surface area contributed by atoms with E-state index >= 15 is 0 Å². The second-order valence-corrected chi connectivity index (χ2v) is 6.15. The van der Waals surface area contributed by atoms with Gasteiger partial charge in [0.2, 0.25) is 10.0 Å². The fraction of sp³-hybridized carbons (Fsp3) is 0.308. The lowest BCUT2D eigenvalue weighted by Gasteiger charge is -2.07. The molecule has 2 aromatic heterocycles. The summed E-state index contributed by atoms with van der Waals surface area (Å²) in [4.78, 5) is 12.3. The second kappa shape index (κ2) is 6.59. The zero-order valence-electron chi connectivity index (χ0n) is 11.9. The van der Waals surface area contributed by atoms with Crippen molar-refractivity contribution in [2.24, 2.45) is 0 Å². The highest BCUT2D eigenvalue weighted by Crippen LogP contribution is 2.10. The number of hydrogen-bond donors (Lipinski definition) is 2. The molecule has 2 aromatic rings. The van der Waals surface area contributed by atoms with Crippen LogP contribution in [0.15, 0.2) is 35.6 Å². The summed E-state index contributed by atoms with van der Waals surface area (Å²) in [6.07, 6.45) is 4.46. The minimum Gasteiger partial charge on any atom is -0.370 e. The summed E-state index contributed by atoms with van der Waals surface area (Å²) in [6.45, 7) is 4.57. The number of aryl methyl sites for hydroxylation is 1. The number of aromatic nitrogens is 3. The zero-order chi connectivity index (χ0) is 15.3. The third-order valence-electron chi connectivity index (χ3n) is 2.68. The third kappa shape index (κ3) is 4.20. The molecular formula is C13H17N5O2S. The standard InChI is InChI=1S/C13H17N5O2S/c1-3-14-13-5-4-12(9-17-13)21(19,20)18-8-11-7-15-10(2)6-16-11/h4-7,9,18H,3,8H2,1-2H3,(H,14,17). The molecule has 0 saturated heterocycles. The van der Waals surface area contributed by atoms with E-state index in [0.29, 0.717) is 11.5 Å². The molecule has 0 fully saturated rings. The minimum atomic E-state index is -3.61. The quantitative estimate of drug-likeness (QED) is 0.829. The van der Waals surface area contributed by atoms with E-state index in [-0.39, 0.29) is 11.4 Å². The molecule has 0 saturated carbocycles. The molecule has 0 bridgehead atoms. The number of anilines is 1. The van der Waals surface area contributed by atoms with Crippen molar-refractivity contribution < 1.29 is 8.42 Å². The van der Waals surface area contributed by atoms with Crippen LogP contribution >= 0.6 is 0 Å². The maximum absolute atomic E-state index is 12.1. The number of nitrogens with one attached hydrogen (secondary N) is 2. The Morgan fingerprint density at radius 3 is 2.48 bits per heavy atom.